The lowest BCUT2D eigenvalue weighted by atomic mass is 10.0. The van der Waals surface area contributed by atoms with Gasteiger partial charge < -0.3 is 5.11 Å². The molecule has 0 aromatic heterocycles. The molecular weight excluding hydrogens is 222 g/mol. The van der Waals surface area contributed by atoms with Gasteiger partial charge in [-0.05, 0) is 36.8 Å². The second-order valence-corrected chi connectivity index (χ2v) is 4.02. The molecule has 0 radical (unpaired) electrons. The summed E-state index contributed by atoms with van der Waals surface area (Å²) in [5.74, 6) is 0. The molecule has 0 saturated heterocycles. The van der Waals surface area contributed by atoms with Gasteiger partial charge in [0.1, 0.15) is 6.10 Å². The molecule has 0 amide bonds. The number of halogens is 1. The minimum absolute atomic E-state index is 0.610. The first-order valence-electron chi connectivity index (χ1n) is 5.05. The predicted molar refractivity (Wildman–Crippen MR) is 67.2 cm³/mol. The molecule has 0 bridgehead atoms. The van der Waals surface area contributed by atoms with E-state index in [0.717, 1.165) is 11.3 Å². The van der Waals surface area contributed by atoms with E-state index in [2.05, 4.69) is 4.99 Å². The van der Waals surface area contributed by atoms with E-state index >= 15 is 0 Å². The zero-order valence-electron chi connectivity index (χ0n) is 8.89. The van der Waals surface area contributed by atoms with Crippen molar-refractivity contribution >= 4 is 23.0 Å². The summed E-state index contributed by atoms with van der Waals surface area (Å²) in [6.45, 7) is 1.86. The molecule has 16 heavy (non-hydrogen) atoms. The Balaban J connectivity index is 2.41. The van der Waals surface area contributed by atoms with E-state index in [1.165, 1.54) is 0 Å². The van der Waals surface area contributed by atoms with Gasteiger partial charge in [0, 0.05) is 5.03 Å². The quantitative estimate of drug-likeness (QED) is 0.794. The highest BCUT2D eigenvalue weighted by Crippen LogP contribution is 2.23. The van der Waals surface area contributed by atoms with Gasteiger partial charge in [0.15, 0.2) is 0 Å². The van der Waals surface area contributed by atoms with Gasteiger partial charge in [0.25, 0.3) is 0 Å². The number of aliphatic hydroxyl groups excluding tert-OH is 1. The molecule has 1 N–H and O–H groups in total. The number of nitrogens with zero attached hydrogens (tertiary/aromatic N) is 1. The third-order valence-corrected chi connectivity index (χ3v) is 2.86. The van der Waals surface area contributed by atoms with Gasteiger partial charge in [0.05, 0.1) is 11.4 Å². The van der Waals surface area contributed by atoms with Crippen LogP contribution in [0.3, 0.4) is 0 Å². The SMILES string of the molecule is CC1=C(Cl)C=CC(O)C1=Nc1ccccc1. The largest absolute Gasteiger partial charge is 0.383 e. The van der Waals surface area contributed by atoms with Gasteiger partial charge >= 0.3 is 0 Å². The summed E-state index contributed by atoms with van der Waals surface area (Å²) in [5, 5.41) is 10.4. The Morgan fingerprint density at radius 2 is 1.94 bits per heavy atom. The van der Waals surface area contributed by atoms with E-state index < -0.39 is 6.10 Å². The minimum atomic E-state index is -0.678. The monoisotopic (exact) mass is 233 g/mol. The fraction of sp³-hybridized carbons (Fsp3) is 0.154. The first-order valence-corrected chi connectivity index (χ1v) is 5.43. The highest BCUT2D eigenvalue weighted by Gasteiger charge is 2.18. The Morgan fingerprint density at radius 3 is 2.62 bits per heavy atom. The van der Waals surface area contributed by atoms with E-state index in [9.17, 15) is 5.11 Å². The number of para-hydroxylation sites is 1. The lowest BCUT2D eigenvalue weighted by molar-refractivity contribution is 0.288. The third kappa shape index (κ3) is 2.23. The average molecular weight is 234 g/mol. The number of hydrogen-bond acceptors (Lipinski definition) is 2. The molecule has 2 nitrogen and oxygen atoms in total. The van der Waals surface area contributed by atoms with Crippen LogP contribution in [-0.4, -0.2) is 16.9 Å². The van der Waals surface area contributed by atoms with Crippen molar-refractivity contribution in [1.29, 1.82) is 0 Å². The summed E-state index contributed by atoms with van der Waals surface area (Å²) in [7, 11) is 0. The standard InChI is InChI=1S/C13H12ClNO/c1-9-11(14)7-8-12(16)13(9)15-10-5-3-2-4-6-10/h2-8,12,16H,1H3. The summed E-state index contributed by atoms with van der Waals surface area (Å²) in [6, 6.07) is 9.52. The third-order valence-electron chi connectivity index (χ3n) is 2.45. The number of aliphatic hydroxyl groups is 1. The highest BCUT2D eigenvalue weighted by atomic mass is 35.5. The molecule has 1 atom stereocenters. The Morgan fingerprint density at radius 1 is 1.25 bits per heavy atom. The molecule has 3 heteroatoms. The molecule has 1 aliphatic carbocycles. The molecule has 1 aromatic rings. The van der Waals surface area contributed by atoms with Gasteiger partial charge in [-0.25, -0.2) is 0 Å². The van der Waals surface area contributed by atoms with Crippen LogP contribution in [0, 0.1) is 0 Å². The zero-order chi connectivity index (χ0) is 11.5. The van der Waals surface area contributed by atoms with Crippen molar-refractivity contribution in [3.05, 3.63) is 53.1 Å². The molecule has 1 unspecified atom stereocenters. The maximum atomic E-state index is 9.81. The van der Waals surface area contributed by atoms with Gasteiger partial charge in [-0.3, -0.25) is 4.99 Å². The first-order chi connectivity index (χ1) is 7.68. The average Bonchev–Trinajstić information content (AvgIpc) is 2.31. The van der Waals surface area contributed by atoms with Crippen LogP contribution in [0.4, 0.5) is 5.69 Å². The highest BCUT2D eigenvalue weighted by molar-refractivity contribution is 6.34. The zero-order valence-corrected chi connectivity index (χ0v) is 9.65. The van der Waals surface area contributed by atoms with Crippen molar-refractivity contribution in [2.45, 2.75) is 13.0 Å². The molecule has 1 aliphatic rings. The van der Waals surface area contributed by atoms with Crippen LogP contribution in [0.2, 0.25) is 0 Å². The molecule has 0 fully saturated rings. The van der Waals surface area contributed by atoms with Crippen LogP contribution in [0.1, 0.15) is 6.92 Å². The molecular formula is C13H12ClNO. The molecule has 82 valence electrons. The van der Waals surface area contributed by atoms with E-state index in [4.69, 9.17) is 11.6 Å². The van der Waals surface area contributed by atoms with Crippen LogP contribution < -0.4 is 0 Å². The second-order valence-electron chi connectivity index (χ2n) is 3.61. The van der Waals surface area contributed by atoms with Crippen molar-refractivity contribution in [1.82, 2.24) is 0 Å². The minimum Gasteiger partial charge on any atom is -0.383 e. The Bertz CT molecular complexity index is 474. The molecule has 1 aromatic carbocycles. The van der Waals surface area contributed by atoms with Gasteiger partial charge in [-0.1, -0.05) is 29.8 Å². The van der Waals surface area contributed by atoms with Crippen LogP contribution in [0.15, 0.2) is 58.1 Å². The Labute approximate surface area is 99.6 Å². The van der Waals surface area contributed by atoms with E-state index in [0.29, 0.717) is 10.7 Å². The summed E-state index contributed by atoms with van der Waals surface area (Å²) in [4.78, 5) is 4.40. The fourth-order valence-corrected chi connectivity index (χ4v) is 1.70. The van der Waals surface area contributed by atoms with Crippen molar-refractivity contribution < 1.29 is 5.11 Å². The smallest absolute Gasteiger partial charge is 0.115 e. The maximum Gasteiger partial charge on any atom is 0.115 e. The van der Waals surface area contributed by atoms with Gasteiger partial charge in [0.2, 0.25) is 0 Å². The van der Waals surface area contributed by atoms with E-state index in [1.54, 1.807) is 12.2 Å². The maximum absolute atomic E-state index is 9.81. The van der Waals surface area contributed by atoms with Crippen LogP contribution >= 0.6 is 11.6 Å². The van der Waals surface area contributed by atoms with Crippen LogP contribution in [0.25, 0.3) is 0 Å². The number of hydrogen-bond donors (Lipinski definition) is 1. The summed E-state index contributed by atoms with van der Waals surface area (Å²) in [6.07, 6.45) is 2.66. The number of benzene rings is 1. The lowest BCUT2D eigenvalue weighted by Crippen LogP contribution is -2.22. The van der Waals surface area contributed by atoms with Crippen molar-refractivity contribution in [3.63, 3.8) is 0 Å². The van der Waals surface area contributed by atoms with Crippen molar-refractivity contribution in [2.75, 3.05) is 0 Å². The van der Waals surface area contributed by atoms with Crippen LogP contribution in [0.5, 0.6) is 0 Å². The van der Waals surface area contributed by atoms with Gasteiger partial charge in [-0.15, -0.1) is 0 Å². The van der Waals surface area contributed by atoms with E-state index in [-0.39, 0.29) is 0 Å². The number of rotatable bonds is 1. The second kappa shape index (κ2) is 4.64. The summed E-state index contributed by atoms with van der Waals surface area (Å²) in [5.41, 5.74) is 2.25. The van der Waals surface area contributed by atoms with Crippen LogP contribution in [-0.2, 0) is 0 Å². The van der Waals surface area contributed by atoms with E-state index in [1.807, 2.05) is 37.3 Å². The molecule has 0 saturated carbocycles. The number of allylic oxidation sites excluding steroid dienone is 2. The van der Waals surface area contributed by atoms with Crippen molar-refractivity contribution in [3.8, 4) is 0 Å². The molecule has 0 spiro atoms. The molecule has 2 rings (SSSR count). The first kappa shape index (κ1) is 11.1. The van der Waals surface area contributed by atoms with Gasteiger partial charge in [-0.2, -0.15) is 0 Å². The predicted octanol–water partition coefficient (Wildman–Crippen LogP) is 3.20. The molecule has 0 aliphatic heterocycles. The van der Waals surface area contributed by atoms with Crippen molar-refractivity contribution in [2.24, 2.45) is 4.99 Å². The number of aliphatic imine (C=N–C) groups is 1. The summed E-state index contributed by atoms with van der Waals surface area (Å²) >= 11 is 5.99. The summed E-state index contributed by atoms with van der Waals surface area (Å²) < 4.78 is 0. The Hall–Kier alpha value is -1.38. The fourth-order valence-electron chi connectivity index (χ4n) is 1.53. The Kier molecular flexibility index (Phi) is 3.22. The lowest BCUT2D eigenvalue weighted by Gasteiger charge is -2.16. The molecule has 0 heterocycles. The topological polar surface area (TPSA) is 32.6 Å². The normalized spacial score (nSPS) is 22.9.